The Morgan fingerprint density at radius 1 is 1.10 bits per heavy atom. The predicted octanol–water partition coefficient (Wildman–Crippen LogP) is 3.97. The molecular weight excluding hydrogens is 391 g/mol. The fourth-order valence-electron chi connectivity index (χ4n) is 3.44. The molecule has 0 aliphatic heterocycles. The molecular formula is C22H27FN2O3S. The van der Waals surface area contributed by atoms with Crippen LogP contribution < -0.4 is 0 Å². The standard InChI is InChI=1S/C22H27FN2O3S/c1-4-24(5-2)29(27,28)21-14-17(11-10-16(21)3)22(26)25(19-12-13-19)15-18-8-6-7-9-20(18)23/h6-11,14,19H,4-5,12-13,15H2,1-3H3. The zero-order valence-electron chi connectivity index (χ0n) is 17.1. The molecule has 1 aliphatic rings. The molecule has 0 radical (unpaired) electrons. The van der Waals surface area contributed by atoms with E-state index < -0.39 is 10.0 Å². The van der Waals surface area contributed by atoms with Crippen molar-refractivity contribution in [3.63, 3.8) is 0 Å². The Bertz CT molecular complexity index is 999. The summed E-state index contributed by atoms with van der Waals surface area (Å²) in [5.74, 6) is -0.619. The van der Waals surface area contributed by atoms with Crippen LogP contribution in [0.4, 0.5) is 4.39 Å². The van der Waals surface area contributed by atoms with Crippen LogP contribution in [-0.4, -0.2) is 42.7 Å². The Labute approximate surface area is 172 Å². The summed E-state index contributed by atoms with van der Waals surface area (Å²) in [6, 6.07) is 11.2. The van der Waals surface area contributed by atoms with Crippen molar-refractivity contribution in [3.8, 4) is 0 Å². The van der Waals surface area contributed by atoms with Crippen LogP contribution >= 0.6 is 0 Å². The molecule has 1 saturated carbocycles. The quantitative estimate of drug-likeness (QED) is 0.652. The second kappa shape index (κ2) is 8.63. The van der Waals surface area contributed by atoms with Crippen LogP contribution in [0.15, 0.2) is 47.4 Å². The van der Waals surface area contributed by atoms with Gasteiger partial charge in [0.25, 0.3) is 5.91 Å². The van der Waals surface area contributed by atoms with Crippen LogP contribution in [0.1, 0.15) is 48.2 Å². The SMILES string of the molecule is CCN(CC)S(=O)(=O)c1cc(C(=O)N(Cc2ccccc2F)C2CC2)ccc1C. The summed E-state index contributed by atoms with van der Waals surface area (Å²) >= 11 is 0. The smallest absolute Gasteiger partial charge is 0.254 e. The van der Waals surface area contributed by atoms with Crippen molar-refractivity contribution in [1.82, 2.24) is 9.21 Å². The molecule has 1 amide bonds. The first-order valence-electron chi connectivity index (χ1n) is 9.94. The largest absolute Gasteiger partial charge is 0.331 e. The minimum atomic E-state index is -3.68. The number of nitrogens with zero attached hydrogens (tertiary/aromatic N) is 2. The van der Waals surface area contributed by atoms with Gasteiger partial charge in [-0.25, -0.2) is 12.8 Å². The first kappa shape index (κ1) is 21.5. The number of rotatable bonds is 8. The number of sulfonamides is 1. The monoisotopic (exact) mass is 418 g/mol. The minimum Gasteiger partial charge on any atom is -0.331 e. The van der Waals surface area contributed by atoms with E-state index in [1.54, 1.807) is 56.0 Å². The molecule has 0 aromatic heterocycles. The molecule has 0 spiro atoms. The molecule has 5 nitrogen and oxygen atoms in total. The van der Waals surface area contributed by atoms with E-state index >= 15 is 0 Å². The lowest BCUT2D eigenvalue weighted by Gasteiger charge is -2.24. The first-order chi connectivity index (χ1) is 13.8. The van der Waals surface area contributed by atoms with E-state index in [2.05, 4.69) is 0 Å². The first-order valence-corrected chi connectivity index (χ1v) is 11.4. The molecule has 3 rings (SSSR count). The fraction of sp³-hybridized carbons (Fsp3) is 0.409. The normalized spacial score (nSPS) is 14.2. The van der Waals surface area contributed by atoms with Crippen molar-refractivity contribution >= 4 is 15.9 Å². The maximum atomic E-state index is 14.1. The second-order valence-corrected chi connectivity index (χ2v) is 9.23. The summed E-state index contributed by atoms with van der Waals surface area (Å²) in [5, 5.41) is 0. The average molecular weight is 419 g/mol. The van der Waals surface area contributed by atoms with Crippen LogP contribution in [0.3, 0.4) is 0 Å². The highest BCUT2D eigenvalue weighted by Crippen LogP contribution is 2.31. The third kappa shape index (κ3) is 4.51. The van der Waals surface area contributed by atoms with Gasteiger partial charge in [-0.2, -0.15) is 4.31 Å². The maximum absolute atomic E-state index is 14.1. The molecule has 7 heteroatoms. The van der Waals surface area contributed by atoms with Crippen molar-refractivity contribution in [1.29, 1.82) is 0 Å². The van der Waals surface area contributed by atoms with Gasteiger partial charge in [-0.3, -0.25) is 4.79 Å². The molecule has 0 atom stereocenters. The van der Waals surface area contributed by atoms with Gasteiger partial charge in [-0.05, 0) is 43.5 Å². The van der Waals surface area contributed by atoms with Gasteiger partial charge >= 0.3 is 0 Å². The predicted molar refractivity (Wildman–Crippen MR) is 111 cm³/mol. The molecule has 0 saturated heterocycles. The lowest BCUT2D eigenvalue weighted by molar-refractivity contribution is 0.0728. The molecule has 1 aliphatic carbocycles. The summed E-state index contributed by atoms with van der Waals surface area (Å²) in [6.45, 7) is 6.18. The molecule has 156 valence electrons. The number of aryl methyl sites for hydroxylation is 1. The van der Waals surface area contributed by atoms with Gasteiger partial charge in [-0.15, -0.1) is 0 Å². The van der Waals surface area contributed by atoms with Crippen molar-refractivity contribution in [2.24, 2.45) is 0 Å². The second-order valence-electron chi connectivity index (χ2n) is 7.33. The highest BCUT2D eigenvalue weighted by molar-refractivity contribution is 7.89. The fourth-order valence-corrected chi connectivity index (χ4v) is 5.15. The van der Waals surface area contributed by atoms with Gasteiger partial charge in [0.05, 0.1) is 4.90 Å². The Morgan fingerprint density at radius 2 is 1.76 bits per heavy atom. The Hall–Kier alpha value is -2.25. The summed E-state index contributed by atoms with van der Waals surface area (Å²) in [4.78, 5) is 15.0. The number of benzene rings is 2. The maximum Gasteiger partial charge on any atom is 0.254 e. The van der Waals surface area contributed by atoms with Crippen LogP contribution in [0.2, 0.25) is 0 Å². The number of carbonyl (C=O) groups is 1. The number of hydrogen-bond donors (Lipinski definition) is 0. The molecule has 0 bridgehead atoms. The van der Waals surface area contributed by atoms with E-state index in [1.807, 2.05) is 0 Å². The lowest BCUT2D eigenvalue weighted by atomic mass is 10.1. The van der Waals surface area contributed by atoms with Gasteiger partial charge in [0.1, 0.15) is 5.82 Å². The lowest BCUT2D eigenvalue weighted by Crippen LogP contribution is -2.34. The molecule has 0 heterocycles. The van der Waals surface area contributed by atoms with E-state index in [4.69, 9.17) is 0 Å². The number of hydrogen-bond acceptors (Lipinski definition) is 3. The van der Waals surface area contributed by atoms with Crippen molar-refractivity contribution in [2.45, 2.75) is 51.1 Å². The number of halogens is 1. The molecule has 2 aromatic carbocycles. The molecule has 29 heavy (non-hydrogen) atoms. The van der Waals surface area contributed by atoms with Crippen molar-refractivity contribution < 1.29 is 17.6 Å². The van der Waals surface area contributed by atoms with Gasteiger partial charge in [0.15, 0.2) is 0 Å². The van der Waals surface area contributed by atoms with Crippen molar-refractivity contribution in [2.75, 3.05) is 13.1 Å². The van der Waals surface area contributed by atoms with Crippen molar-refractivity contribution in [3.05, 3.63) is 65.0 Å². The summed E-state index contributed by atoms with van der Waals surface area (Å²) in [5.41, 5.74) is 1.36. The average Bonchev–Trinajstić information content (AvgIpc) is 3.53. The number of amides is 1. The highest BCUT2D eigenvalue weighted by atomic mass is 32.2. The summed E-state index contributed by atoms with van der Waals surface area (Å²) in [7, 11) is -3.68. The van der Waals surface area contributed by atoms with Gasteiger partial charge in [0, 0.05) is 36.8 Å². The van der Waals surface area contributed by atoms with Crippen LogP contribution in [0.25, 0.3) is 0 Å². The summed E-state index contributed by atoms with van der Waals surface area (Å²) in [6.07, 6.45) is 1.74. The van der Waals surface area contributed by atoms with E-state index in [-0.39, 0.29) is 29.2 Å². The number of carbonyl (C=O) groups excluding carboxylic acids is 1. The minimum absolute atomic E-state index is 0.0613. The van der Waals surface area contributed by atoms with Crippen LogP contribution in [0, 0.1) is 12.7 Å². The van der Waals surface area contributed by atoms with E-state index in [1.165, 1.54) is 16.4 Å². The Balaban J connectivity index is 1.95. The third-order valence-electron chi connectivity index (χ3n) is 5.31. The van der Waals surface area contributed by atoms with E-state index in [0.29, 0.717) is 29.8 Å². The zero-order valence-corrected chi connectivity index (χ0v) is 17.9. The van der Waals surface area contributed by atoms with E-state index in [9.17, 15) is 17.6 Å². The van der Waals surface area contributed by atoms with Crippen LogP contribution in [-0.2, 0) is 16.6 Å². The topological polar surface area (TPSA) is 57.7 Å². The third-order valence-corrected chi connectivity index (χ3v) is 7.50. The Kier molecular flexibility index (Phi) is 6.39. The summed E-state index contributed by atoms with van der Waals surface area (Å²) < 4.78 is 41.5. The molecule has 0 N–H and O–H groups in total. The molecule has 1 fully saturated rings. The van der Waals surface area contributed by atoms with Gasteiger partial charge in [0.2, 0.25) is 10.0 Å². The Morgan fingerprint density at radius 3 is 2.34 bits per heavy atom. The molecule has 2 aromatic rings. The van der Waals surface area contributed by atoms with Crippen LogP contribution in [0.5, 0.6) is 0 Å². The van der Waals surface area contributed by atoms with Gasteiger partial charge < -0.3 is 4.90 Å². The van der Waals surface area contributed by atoms with Gasteiger partial charge in [-0.1, -0.05) is 38.1 Å². The molecule has 0 unspecified atom stereocenters. The highest BCUT2D eigenvalue weighted by Gasteiger charge is 2.34. The van der Waals surface area contributed by atoms with E-state index in [0.717, 1.165) is 12.8 Å². The zero-order chi connectivity index (χ0) is 21.2.